The zero-order valence-corrected chi connectivity index (χ0v) is 22.8. The molecule has 0 aliphatic carbocycles. The smallest absolute Gasteiger partial charge is 0.457 e. The number of esters is 1. The first kappa shape index (κ1) is 28.4. The van der Waals surface area contributed by atoms with Crippen LogP contribution in [0.5, 0.6) is 11.5 Å². The third-order valence-corrected chi connectivity index (χ3v) is 9.37. The number of hydrogen-bond donors (Lipinski definition) is 0. The van der Waals surface area contributed by atoms with Crippen LogP contribution in [0.15, 0.2) is 83.8 Å². The molecule has 2 heterocycles. The fraction of sp³-hybridized carbons (Fsp3) is 0.321. The Balaban J connectivity index is 1.31. The first-order valence-corrected chi connectivity index (χ1v) is 14.4. The Hall–Kier alpha value is -3.12. The summed E-state index contributed by atoms with van der Waals surface area (Å²) in [5, 5.41) is 0.308. The molecule has 0 N–H and O–H groups in total. The van der Waals surface area contributed by atoms with Crippen LogP contribution in [0.25, 0.3) is 0 Å². The standard InChI is InChI=1S/C28H26ClF3N2O5S/c29-21-10-12-23(13-11-21)40(36,37)34-19-27(25(34)39-26(35)28(30,31)32)14-16-33(17-15-27)18-20-6-4-5-9-24(20)38-22-7-2-1-3-8-22/h1-13,25H,14-19H2. The van der Waals surface area contributed by atoms with Gasteiger partial charge < -0.3 is 9.47 Å². The molecule has 40 heavy (non-hydrogen) atoms. The molecule has 212 valence electrons. The lowest BCUT2D eigenvalue weighted by Crippen LogP contribution is -2.70. The molecular formula is C28H26ClF3N2O5S. The van der Waals surface area contributed by atoms with Crippen molar-refractivity contribution < 1.29 is 35.9 Å². The first-order valence-electron chi connectivity index (χ1n) is 12.6. The van der Waals surface area contributed by atoms with E-state index in [0.717, 1.165) is 9.87 Å². The van der Waals surface area contributed by atoms with Crippen LogP contribution in [0, 0.1) is 5.41 Å². The number of ether oxygens (including phenoxy) is 2. The van der Waals surface area contributed by atoms with Gasteiger partial charge in [0.1, 0.15) is 11.5 Å². The SMILES string of the molecule is O=C(OC1N(S(=O)(=O)c2ccc(Cl)cc2)CC12CCN(Cc1ccccc1Oc1ccccc1)CC2)C(F)(F)F. The Morgan fingerprint density at radius 3 is 2.23 bits per heavy atom. The van der Waals surface area contributed by atoms with Crippen LogP contribution < -0.4 is 4.74 Å². The summed E-state index contributed by atoms with van der Waals surface area (Å²) in [5.74, 6) is -1.03. The van der Waals surface area contributed by atoms with Crippen molar-refractivity contribution in [3.63, 3.8) is 0 Å². The zero-order chi connectivity index (χ0) is 28.5. The monoisotopic (exact) mass is 594 g/mol. The number of para-hydroxylation sites is 2. The van der Waals surface area contributed by atoms with E-state index in [2.05, 4.69) is 4.90 Å². The first-order chi connectivity index (χ1) is 19.0. The number of carbonyl (C=O) groups excluding carboxylic acids is 1. The summed E-state index contributed by atoms with van der Waals surface area (Å²) in [4.78, 5) is 13.8. The molecular weight excluding hydrogens is 569 g/mol. The van der Waals surface area contributed by atoms with Crippen molar-refractivity contribution >= 4 is 27.6 Å². The normalized spacial score (nSPS) is 19.6. The molecule has 5 rings (SSSR count). The van der Waals surface area contributed by atoms with Crippen LogP contribution in [0.2, 0.25) is 5.02 Å². The Morgan fingerprint density at radius 2 is 1.57 bits per heavy atom. The molecule has 0 saturated carbocycles. The van der Waals surface area contributed by atoms with Gasteiger partial charge in [-0.25, -0.2) is 13.2 Å². The van der Waals surface area contributed by atoms with Gasteiger partial charge in [0.25, 0.3) is 0 Å². The lowest BCUT2D eigenvalue weighted by Gasteiger charge is -2.57. The number of rotatable bonds is 7. The predicted octanol–water partition coefficient (Wildman–Crippen LogP) is 5.85. The molecule has 2 aliphatic rings. The minimum Gasteiger partial charge on any atom is -0.457 e. The largest absolute Gasteiger partial charge is 0.490 e. The highest BCUT2D eigenvalue weighted by molar-refractivity contribution is 7.89. The minimum atomic E-state index is -5.25. The number of alkyl halides is 3. The third kappa shape index (κ3) is 5.83. The number of piperidine rings is 1. The van der Waals surface area contributed by atoms with E-state index in [4.69, 9.17) is 21.1 Å². The highest BCUT2D eigenvalue weighted by atomic mass is 35.5. The summed E-state index contributed by atoms with van der Waals surface area (Å²) < 4.78 is 77.7. The van der Waals surface area contributed by atoms with E-state index in [1.54, 1.807) is 0 Å². The molecule has 3 aromatic carbocycles. The topological polar surface area (TPSA) is 76.2 Å². The van der Waals surface area contributed by atoms with Crippen molar-refractivity contribution in [2.75, 3.05) is 19.6 Å². The summed E-state index contributed by atoms with van der Waals surface area (Å²) in [6.07, 6.45) is -6.14. The maximum Gasteiger partial charge on any atom is 0.490 e. The number of benzene rings is 3. The lowest BCUT2D eigenvalue weighted by atomic mass is 9.71. The molecule has 0 aromatic heterocycles. The molecule has 2 fully saturated rings. The second-order valence-electron chi connectivity index (χ2n) is 9.92. The number of halogens is 4. The number of sulfonamides is 1. The second kappa shape index (κ2) is 11.0. The quantitative estimate of drug-likeness (QED) is 0.320. The van der Waals surface area contributed by atoms with E-state index in [1.807, 2.05) is 54.6 Å². The van der Waals surface area contributed by atoms with Gasteiger partial charge in [-0.2, -0.15) is 17.5 Å². The molecule has 0 bridgehead atoms. The summed E-state index contributed by atoms with van der Waals surface area (Å²) in [6.45, 7) is 1.40. The van der Waals surface area contributed by atoms with E-state index in [9.17, 15) is 26.4 Å². The Labute approximate surface area is 235 Å². The summed E-state index contributed by atoms with van der Waals surface area (Å²) >= 11 is 5.86. The molecule has 1 spiro atoms. The molecule has 1 unspecified atom stereocenters. The van der Waals surface area contributed by atoms with Gasteiger partial charge in [0.05, 0.1) is 4.90 Å². The molecule has 1 atom stereocenters. The minimum absolute atomic E-state index is 0.0602. The lowest BCUT2D eigenvalue weighted by molar-refractivity contribution is -0.242. The number of carbonyl (C=O) groups is 1. The Bertz CT molecular complexity index is 1460. The van der Waals surface area contributed by atoms with Crippen molar-refractivity contribution in [3.05, 3.63) is 89.4 Å². The second-order valence-corrected chi connectivity index (χ2v) is 12.2. The summed E-state index contributed by atoms with van der Waals surface area (Å²) in [7, 11) is -4.23. The third-order valence-electron chi connectivity index (χ3n) is 7.32. The van der Waals surface area contributed by atoms with E-state index in [-0.39, 0.29) is 11.4 Å². The fourth-order valence-electron chi connectivity index (χ4n) is 5.12. The summed E-state index contributed by atoms with van der Waals surface area (Å²) in [6, 6.07) is 22.2. The molecule has 3 aromatic rings. The molecule has 0 amide bonds. The molecule has 0 radical (unpaired) electrons. The highest BCUT2D eigenvalue weighted by Crippen LogP contribution is 2.50. The predicted molar refractivity (Wildman–Crippen MR) is 141 cm³/mol. The van der Waals surface area contributed by atoms with Gasteiger partial charge in [-0.05, 0) is 68.4 Å². The van der Waals surface area contributed by atoms with Crippen molar-refractivity contribution in [2.24, 2.45) is 5.41 Å². The fourth-order valence-corrected chi connectivity index (χ4v) is 6.94. The van der Waals surface area contributed by atoms with Gasteiger partial charge in [0.2, 0.25) is 10.0 Å². The number of hydrogen-bond acceptors (Lipinski definition) is 6. The van der Waals surface area contributed by atoms with Gasteiger partial charge in [0.15, 0.2) is 6.23 Å². The number of nitrogens with zero attached hydrogens (tertiary/aromatic N) is 2. The maximum atomic E-state index is 13.3. The summed E-state index contributed by atoms with van der Waals surface area (Å²) in [5.41, 5.74) is -0.000325. The van der Waals surface area contributed by atoms with Crippen molar-refractivity contribution in [2.45, 2.75) is 36.7 Å². The maximum absolute atomic E-state index is 13.3. The molecule has 2 saturated heterocycles. The molecule has 2 aliphatic heterocycles. The van der Waals surface area contributed by atoms with Gasteiger partial charge in [-0.15, -0.1) is 0 Å². The van der Waals surface area contributed by atoms with E-state index in [1.165, 1.54) is 24.3 Å². The van der Waals surface area contributed by atoms with Crippen molar-refractivity contribution in [1.82, 2.24) is 9.21 Å². The Morgan fingerprint density at radius 1 is 0.950 bits per heavy atom. The Kier molecular flexibility index (Phi) is 7.84. The van der Waals surface area contributed by atoms with Crippen LogP contribution in [0.1, 0.15) is 18.4 Å². The highest BCUT2D eigenvalue weighted by Gasteiger charge is 2.61. The van der Waals surface area contributed by atoms with Gasteiger partial charge in [-0.3, -0.25) is 4.90 Å². The van der Waals surface area contributed by atoms with E-state index >= 15 is 0 Å². The number of likely N-dealkylation sites (tertiary alicyclic amines) is 1. The van der Waals surface area contributed by atoms with Gasteiger partial charge in [0, 0.05) is 29.1 Å². The van der Waals surface area contributed by atoms with Crippen LogP contribution in [-0.2, 0) is 26.1 Å². The van der Waals surface area contributed by atoms with E-state index in [0.29, 0.717) is 49.0 Å². The van der Waals surface area contributed by atoms with Crippen LogP contribution in [0.4, 0.5) is 13.2 Å². The van der Waals surface area contributed by atoms with Crippen LogP contribution in [0.3, 0.4) is 0 Å². The van der Waals surface area contributed by atoms with E-state index < -0.39 is 33.8 Å². The van der Waals surface area contributed by atoms with Crippen molar-refractivity contribution in [3.8, 4) is 11.5 Å². The van der Waals surface area contributed by atoms with Crippen LogP contribution >= 0.6 is 11.6 Å². The molecule has 7 nitrogen and oxygen atoms in total. The average molecular weight is 595 g/mol. The average Bonchev–Trinajstić information content (AvgIpc) is 2.92. The molecule has 12 heteroatoms. The van der Waals surface area contributed by atoms with Crippen LogP contribution in [-0.4, -0.2) is 55.6 Å². The van der Waals surface area contributed by atoms with Gasteiger partial charge >= 0.3 is 12.1 Å². The zero-order valence-electron chi connectivity index (χ0n) is 21.2. The van der Waals surface area contributed by atoms with Crippen molar-refractivity contribution in [1.29, 1.82) is 0 Å². The van der Waals surface area contributed by atoms with Gasteiger partial charge in [-0.1, -0.05) is 48.0 Å².